The first-order valence-corrected chi connectivity index (χ1v) is 2.13. The summed E-state index contributed by atoms with van der Waals surface area (Å²) < 4.78 is 0. The summed E-state index contributed by atoms with van der Waals surface area (Å²) >= 11 is 0. The standard InChI is InChI=1S/C6H6O.2C/c7-6-4-2-1-3-5-6;;/h1-5,7H;;. The average Bonchev–Trinajstić information content (AvgIpc) is 1.69. The molecule has 1 nitrogen and oxygen atoms in total. The van der Waals surface area contributed by atoms with Gasteiger partial charge in [-0.25, -0.2) is 0 Å². The van der Waals surface area contributed by atoms with Crippen LogP contribution in [0.1, 0.15) is 0 Å². The van der Waals surface area contributed by atoms with E-state index in [9.17, 15) is 0 Å². The van der Waals surface area contributed by atoms with Crippen molar-refractivity contribution in [3.8, 4) is 5.75 Å². The Morgan fingerprint density at radius 3 is 1.56 bits per heavy atom. The van der Waals surface area contributed by atoms with Crippen molar-refractivity contribution in [2.24, 2.45) is 0 Å². The maximum atomic E-state index is 8.63. The largest absolute Gasteiger partial charge is 0.508 e. The fourth-order valence-electron chi connectivity index (χ4n) is 0.428. The Balaban J connectivity index is 0. The molecule has 0 saturated heterocycles. The van der Waals surface area contributed by atoms with E-state index in [-0.39, 0.29) is 14.9 Å². The number of hydrogen-bond donors (Lipinski definition) is 1. The second kappa shape index (κ2) is 5.16. The molecule has 0 bridgehead atoms. The fourth-order valence-corrected chi connectivity index (χ4v) is 0.428. The maximum absolute atomic E-state index is 8.63. The minimum Gasteiger partial charge on any atom is -0.508 e. The molecule has 0 fully saturated rings. The van der Waals surface area contributed by atoms with Crippen LogP contribution < -0.4 is 0 Å². The molecular weight excluding hydrogens is 112 g/mol. The molecule has 0 amide bonds. The van der Waals surface area contributed by atoms with E-state index in [1.807, 2.05) is 6.07 Å². The van der Waals surface area contributed by atoms with Crippen LogP contribution in [-0.4, -0.2) is 5.11 Å². The molecule has 0 aromatic heterocycles. The van der Waals surface area contributed by atoms with Gasteiger partial charge < -0.3 is 5.11 Å². The van der Waals surface area contributed by atoms with Crippen LogP contribution in [0, 0.1) is 14.9 Å². The summed E-state index contributed by atoms with van der Waals surface area (Å²) in [5.41, 5.74) is 0. The van der Waals surface area contributed by atoms with Crippen molar-refractivity contribution in [2.45, 2.75) is 0 Å². The second-order valence-corrected chi connectivity index (χ2v) is 1.34. The van der Waals surface area contributed by atoms with Gasteiger partial charge in [0.2, 0.25) is 0 Å². The highest BCUT2D eigenvalue weighted by molar-refractivity contribution is 5.18. The monoisotopic (exact) mass is 118 g/mol. The van der Waals surface area contributed by atoms with Crippen LogP contribution in [0.5, 0.6) is 5.75 Å². The van der Waals surface area contributed by atoms with Gasteiger partial charge in [-0.05, 0) is 12.1 Å². The first-order valence-electron chi connectivity index (χ1n) is 2.13. The van der Waals surface area contributed by atoms with Crippen LogP contribution in [0.25, 0.3) is 0 Å². The predicted octanol–water partition coefficient (Wildman–Crippen LogP) is 1.55. The van der Waals surface area contributed by atoms with E-state index in [2.05, 4.69) is 0 Å². The molecule has 1 aromatic carbocycles. The first-order chi connectivity index (χ1) is 3.39. The molecule has 9 heavy (non-hydrogen) atoms. The van der Waals surface area contributed by atoms with E-state index >= 15 is 0 Å². The lowest BCUT2D eigenvalue weighted by molar-refractivity contribution is 0.475. The molecule has 8 radical (unpaired) electrons. The van der Waals surface area contributed by atoms with Crippen LogP contribution in [-0.2, 0) is 0 Å². The zero-order valence-electron chi connectivity index (χ0n) is 4.83. The predicted molar refractivity (Wildman–Crippen MR) is 34.6 cm³/mol. The Bertz CT molecular complexity index is 134. The Kier molecular flexibility index (Phi) is 6.26. The lowest BCUT2D eigenvalue weighted by atomic mass is 10.3. The second-order valence-electron chi connectivity index (χ2n) is 1.34. The van der Waals surface area contributed by atoms with E-state index in [4.69, 9.17) is 5.11 Å². The Hall–Kier alpha value is -0.980. The summed E-state index contributed by atoms with van der Waals surface area (Å²) in [5, 5.41) is 8.63. The van der Waals surface area contributed by atoms with Crippen LogP contribution >= 0.6 is 0 Å². The molecule has 1 rings (SSSR count). The SMILES string of the molecule is Oc1ccccc1.[C].[C]. The zero-order chi connectivity index (χ0) is 5.11. The van der Waals surface area contributed by atoms with Crippen molar-refractivity contribution in [3.05, 3.63) is 45.2 Å². The van der Waals surface area contributed by atoms with Crippen molar-refractivity contribution in [2.75, 3.05) is 0 Å². The number of para-hydroxylation sites is 1. The number of rotatable bonds is 0. The van der Waals surface area contributed by atoms with Gasteiger partial charge in [0.05, 0.1) is 0 Å². The van der Waals surface area contributed by atoms with Crippen molar-refractivity contribution in [1.29, 1.82) is 0 Å². The van der Waals surface area contributed by atoms with Gasteiger partial charge >= 0.3 is 0 Å². The third-order valence-corrected chi connectivity index (χ3v) is 0.756. The molecule has 1 heteroatoms. The molecule has 0 spiro atoms. The van der Waals surface area contributed by atoms with Gasteiger partial charge in [0.1, 0.15) is 5.75 Å². The van der Waals surface area contributed by atoms with E-state index in [1.54, 1.807) is 24.3 Å². The van der Waals surface area contributed by atoms with Gasteiger partial charge in [-0.3, -0.25) is 0 Å². The van der Waals surface area contributed by atoms with Gasteiger partial charge in [-0.15, -0.1) is 0 Å². The van der Waals surface area contributed by atoms with E-state index in [0.29, 0.717) is 5.75 Å². The molecule has 0 unspecified atom stereocenters. The Labute approximate surface area is 57.0 Å². The van der Waals surface area contributed by atoms with Crippen molar-refractivity contribution < 1.29 is 5.11 Å². The number of hydrogen-bond acceptors (Lipinski definition) is 1. The van der Waals surface area contributed by atoms with Gasteiger partial charge in [0.15, 0.2) is 0 Å². The minimum absolute atomic E-state index is 0. The average molecular weight is 118 g/mol. The number of phenols is 1. The fraction of sp³-hybridized carbons (Fsp3) is 0. The summed E-state index contributed by atoms with van der Waals surface area (Å²) in [6.45, 7) is 0. The van der Waals surface area contributed by atoms with E-state index < -0.39 is 0 Å². The molecule has 0 aliphatic heterocycles. The van der Waals surface area contributed by atoms with Crippen LogP contribution in [0.4, 0.5) is 0 Å². The third kappa shape index (κ3) is 3.59. The Morgan fingerprint density at radius 2 is 1.33 bits per heavy atom. The smallest absolute Gasteiger partial charge is 0.115 e. The maximum Gasteiger partial charge on any atom is 0.115 e. The lowest BCUT2D eigenvalue weighted by Gasteiger charge is -1.82. The summed E-state index contributed by atoms with van der Waals surface area (Å²) in [4.78, 5) is 0. The highest BCUT2D eigenvalue weighted by Gasteiger charge is 1.74. The molecule has 0 atom stereocenters. The summed E-state index contributed by atoms with van der Waals surface area (Å²) in [6, 6.07) is 8.71. The normalized spacial score (nSPS) is 6.67. The number of phenolic OH excluding ortho intramolecular Hbond substituents is 1. The van der Waals surface area contributed by atoms with Crippen LogP contribution in [0.15, 0.2) is 30.3 Å². The Morgan fingerprint density at radius 1 is 0.889 bits per heavy atom. The van der Waals surface area contributed by atoms with Crippen molar-refractivity contribution in [3.63, 3.8) is 0 Å². The van der Waals surface area contributed by atoms with Gasteiger partial charge in [-0.1, -0.05) is 18.2 Å². The molecule has 44 valence electrons. The van der Waals surface area contributed by atoms with Crippen LogP contribution in [0.2, 0.25) is 0 Å². The molecule has 0 aliphatic carbocycles. The number of aromatic hydroxyl groups is 1. The first kappa shape index (κ1) is 10.9. The summed E-state index contributed by atoms with van der Waals surface area (Å²) in [6.07, 6.45) is 0. The molecule has 0 heterocycles. The molecular formula is C8H6O. The van der Waals surface area contributed by atoms with E-state index in [1.165, 1.54) is 0 Å². The third-order valence-electron chi connectivity index (χ3n) is 0.756. The summed E-state index contributed by atoms with van der Waals surface area (Å²) in [5.74, 6) is 0.322. The van der Waals surface area contributed by atoms with E-state index in [0.717, 1.165) is 0 Å². The van der Waals surface area contributed by atoms with Crippen molar-refractivity contribution in [1.82, 2.24) is 0 Å². The topological polar surface area (TPSA) is 20.2 Å². The van der Waals surface area contributed by atoms with Gasteiger partial charge in [-0.2, -0.15) is 0 Å². The quantitative estimate of drug-likeness (QED) is 0.548. The molecule has 0 saturated carbocycles. The van der Waals surface area contributed by atoms with Gasteiger partial charge in [0.25, 0.3) is 0 Å². The highest BCUT2D eigenvalue weighted by atomic mass is 16.3. The number of benzene rings is 1. The van der Waals surface area contributed by atoms with Gasteiger partial charge in [0, 0.05) is 14.9 Å². The van der Waals surface area contributed by atoms with Crippen LogP contribution in [0.3, 0.4) is 0 Å². The summed E-state index contributed by atoms with van der Waals surface area (Å²) in [7, 11) is 0. The molecule has 1 N–H and O–H groups in total. The van der Waals surface area contributed by atoms with Crippen molar-refractivity contribution >= 4 is 0 Å². The lowest BCUT2D eigenvalue weighted by Crippen LogP contribution is -1.56. The molecule has 0 aliphatic rings. The zero-order valence-corrected chi connectivity index (χ0v) is 4.83. The minimum atomic E-state index is 0. The molecule has 1 aromatic rings. The highest BCUT2D eigenvalue weighted by Crippen LogP contribution is 2.02.